The minimum absolute atomic E-state index is 0.0290. The number of phenols is 2. The molecule has 1 heterocycles. The Morgan fingerprint density at radius 1 is 1.27 bits per heavy atom. The number of phenolic OH excluding ortho intramolecular Hbond substituents is 2. The molecule has 0 aliphatic heterocycles. The van der Waals surface area contributed by atoms with E-state index in [0.717, 1.165) is 10.9 Å². The number of aromatic nitrogens is 2. The average molecular weight is 416 g/mol. The van der Waals surface area contributed by atoms with Gasteiger partial charge in [0.2, 0.25) is 0 Å². The number of halogens is 1. The van der Waals surface area contributed by atoms with Crippen molar-refractivity contribution in [3.8, 4) is 11.5 Å². The molecule has 7 heteroatoms. The molecule has 2 N–H and O–H groups in total. The van der Waals surface area contributed by atoms with Crippen LogP contribution in [0.2, 0.25) is 0 Å². The Bertz CT molecular complexity index is 1060. The molecule has 0 saturated heterocycles. The van der Waals surface area contributed by atoms with Crippen molar-refractivity contribution < 1.29 is 10.2 Å². The van der Waals surface area contributed by atoms with Crippen LogP contribution in [-0.2, 0) is 0 Å². The second-order valence-corrected chi connectivity index (χ2v) is 6.96. The molecule has 3 rings (SSSR count). The predicted octanol–water partition coefficient (Wildman–Crippen LogP) is 3.97. The Morgan fingerprint density at radius 2 is 2.04 bits per heavy atom. The maximum absolute atomic E-state index is 13.0. The second-order valence-electron chi connectivity index (χ2n) is 6.05. The Hall–Kier alpha value is -2.67. The Labute approximate surface area is 158 Å². The maximum Gasteiger partial charge on any atom is 0.282 e. The molecule has 1 atom stereocenters. The van der Waals surface area contributed by atoms with E-state index in [4.69, 9.17) is 0 Å². The zero-order chi connectivity index (χ0) is 18.8. The summed E-state index contributed by atoms with van der Waals surface area (Å²) < 4.78 is 2.06. The third-order valence-electron chi connectivity index (χ3n) is 4.21. The largest absolute Gasteiger partial charge is 0.508 e. The zero-order valence-corrected chi connectivity index (χ0v) is 15.9. The number of fused-ring (bicyclic) bond motifs is 1. The van der Waals surface area contributed by atoms with Crippen LogP contribution >= 0.6 is 15.9 Å². The molecule has 1 aromatic heterocycles. The first kappa shape index (κ1) is 18.1. The Kier molecular flexibility index (Phi) is 5.08. The van der Waals surface area contributed by atoms with Crippen LogP contribution in [0.1, 0.15) is 37.6 Å². The van der Waals surface area contributed by atoms with E-state index in [1.165, 1.54) is 29.1 Å². The SMILES string of the molecule is CC[C@@H](C)c1nc2ccc(Br)cc2c(=O)n1N=Cc1ccc(O)cc1O. The summed E-state index contributed by atoms with van der Waals surface area (Å²) in [6.07, 6.45) is 2.18. The fraction of sp³-hybridized carbons (Fsp3) is 0.211. The maximum atomic E-state index is 13.0. The van der Waals surface area contributed by atoms with Gasteiger partial charge in [0.1, 0.15) is 17.3 Å². The summed E-state index contributed by atoms with van der Waals surface area (Å²) in [6.45, 7) is 4.00. The minimum atomic E-state index is -0.277. The molecule has 0 radical (unpaired) electrons. The summed E-state index contributed by atoms with van der Waals surface area (Å²) in [7, 11) is 0. The molecule has 0 aliphatic carbocycles. The summed E-state index contributed by atoms with van der Waals surface area (Å²) in [5, 5.41) is 24.0. The van der Waals surface area contributed by atoms with E-state index < -0.39 is 0 Å². The van der Waals surface area contributed by atoms with E-state index >= 15 is 0 Å². The van der Waals surface area contributed by atoms with Crippen molar-refractivity contribution in [2.75, 3.05) is 0 Å². The highest BCUT2D eigenvalue weighted by atomic mass is 79.9. The fourth-order valence-electron chi connectivity index (χ4n) is 2.54. The standard InChI is InChI=1S/C19H18BrN3O3/c1-3-11(2)18-22-16-7-5-13(20)8-15(16)19(26)23(18)21-10-12-4-6-14(24)9-17(12)25/h4-11,24-25H,3H2,1-2H3/t11-/m1/s1. The average Bonchev–Trinajstić information content (AvgIpc) is 2.62. The Balaban J connectivity index is 2.20. The number of hydrogen-bond donors (Lipinski definition) is 2. The number of benzene rings is 2. The molecule has 26 heavy (non-hydrogen) atoms. The number of nitrogens with zero attached hydrogens (tertiary/aromatic N) is 3. The van der Waals surface area contributed by atoms with Crippen LogP contribution in [0, 0.1) is 0 Å². The molecule has 0 spiro atoms. The minimum Gasteiger partial charge on any atom is -0.508 e. The predicted molar refractivity (Wildman–Crippen MR) is 105 cm³/mol. The van der Waals surface area contributed by atoms with Crippen molar-refractivity contribution in [1.29, 1.82) is 0 Å². The van der Waals surface area contributed by atoms with E-state index in [9.17, 15) is 15.0 Å². The van der Waals surface area contributed by atoms with Crippen molar-refractivity contribution >= 4 is 33.0 Å². The monoisotopic (exact) mass is 415 g/mol. The van der Waals surface area contributed by atoms with Crippen molar-refractivity contribution in [3.05, 3.63) is 62.6 Å². The van der Waals surface area contributed by atoms with Gasteiger partial charge in [-0.15, -0.1) is 0 Å². The molecule has 0 unspecified atom stereocenters. The first-order chi connectivity index (χ1) is 12.4. The Morgan fingerprint density at radius 3 is 2.73 bits per heavy atom. The van der Waals surface area contributed by atoms with Gasteiger partial charge in [-0.25, -0.2) is 4.98 Å². The highest BCUT2D eigenvalue weighted by Gasteiger charge is 2.15. The van der Waals surface area contributed by atoms with E-state index in [1.807, 2.05) is 19.9 Å². The number of aromatic hydroxyl groups is 2. The summed E-state index contributed by atoms with van der Waals surface area (Å²) in [5.41, 5.74) is 0.729. The van der Waals surface area contributed by atoms with Gasteiger partial charge in [-0.3, -0.25) is 4.79 Å². The lowest BCUT2D eigenvalue weighted by atomic mass is 10.1. The first-order valence-electron chi connectivity index (χ1n) is 8.19. The molecule has 0 aliphatic rings. The lowest BCUT2D eigenvalue weighted by molar-refractivity contribution is 0.450. The molecular weight excluding hydrogens is 398 g/mol. The van der Waals surface area contributed by atoms with Gasteiger partial charge in [0.25, 0.3) is 5.56 Å². The molecule has 134 valence electrons. The van der Waals surface area contributed by atoms with Crippen LogP contribution < -0.4 is 5.56 Å². The molecule has 0 amide bonds. The molecule has 3 aromatic rings. The van der Waals surface area contributed by atoms with Gasteiger partial charge in [-0.2, -0.15) is 9.78 Å². The topological polar surface area (TPSA) is 87.7 Å². The van der Waals surface area contributed by atoms with Crippen LogP contribution in [0.5, 0.6) is 11.5 Å². The second kappa shape index (κ2) is 7.29. The van der Waals surface area contributed by atoms with Gasteiger partial charge in [0.15, 0.2) is 0 Å². The summed E-state index contributed by atoms with van der Waals surface area (Å²) in [6, 6.07) is 9.54. The van der Waals surface area contributed by atoms with Crippen LogP contribution in [0.15, 0.2) is 50.8 Å². The van der Waals surface area contributed by atoms with Crippen molar-refractivity contribution in [2.45, 2.75) is 26.2 Å². The third kappa shape index (κ3) is 3.48. The van der Waals surface area contributed by atoms with Crippen molar-refractivity contribution in [3.63, 3.8) is 0 Å². The van der Waals surface area contributed by atoms with E-state index in [1.54, 1.807) is 12.1 Å². The van der Waals surface area contributed by atoms with E-state index in [0.29, 0.717) is 22.3 Å². The van der Waals surface area contributed by atoms with Gasteiger partial charge >= 0.3 is 0 Å². The highest BCUT2D eigenvalue weighted by Crippen LogP contribution is 2.22. The normalized spacial score (nSPS) is 12.7. The molecule has 6 nitrogen and oxygen atoms in total. The summed E-state index contributed by atoms with van der Waals surface area (Å²) in [4.78, 5) is 17.6. The van der Waals surface area contributed by atoms with Crippen molar-refractivity contribution in [2.24, 2.45) is 5.10 Å². The number of hydrogen-bond acceptors (Lipinski definition) is 5. The van der Waals surface area contributed by atoms with Crippen LogP contribution in [0.3, 0.4) is 0 Å². The van der Waals surface area contributed by atoms with Gasteiger partial charge in [-0.05, 0) is 36.8 Å². The smallest absolute Gasteiger partial charge is 0.282 e. The number of rotatable bonds is 4. The molecule has 0 saturated carbocycles. The van der Waals surface area contributed by atoms with Crippen molar-refractivity contribution in [1.82, 2.24) is 9.66 Å². The third-order valence-corrected chi connectivity index (χ3v) is 4.71. The molecule has 0 fully saturated rings. The van der Waals surface area contributed by atoms with E-state index in [-0.39, 0.29) is 23.0 Å². The quantitative estimate of drug-likeness (QED) is 0.631. The van der Waals surface area contributed by atoms with Crippen LogP contribution in [-0.4, -0.2) is 26.1 Å². The lowest BCUT2D eigenvalue weighted by Gasteiger charge is -2.14. The molecule has 0 bridgehead atoms. The van der Waals surface area contributed by atoms with Gasteiger partial charge < -0.3 is 10.2 Å². The van der Waals surface area contributed by atoms with Gasteiger partial charge in [0.05, 0.1) is 17.1 Å². The highest BCUT2D eigenvalue weighted by molar-refractivity contribution is 9.10. The van der Waals surface area contributed by atoms with Crippen LogP contribution in [0.25, 0.3) is 10.9 Å². The fourth-order valence-corrected chi connectivity index (χ4v) is 2.90. The van der Waals surface area contributed by atoms with Crippen LogP contribution in [0.4, 0.5) is 0 Å². The zero-order valence-electron chi connectivity index (χ0n) is 14.3. The van der Waals surface area contributed by atoms with Gasteiger partial charge in [0, 0.05) is 22.0 Å². The molecular formula is C19H18BrN3O3. The molecule has 2 aromatic carbocycles. The van der Waals surface area contributed by atoms with Gasteiger partial charge in [-0.1, -0.05) is 29.8 Å². The summed E-state index contributed by atoms with van der Waals surface area (Å²) in [5.74, 6) is 0.417. The first-order valence-corrected chi connectivity index (χ1v) is 8.98. The van der Waals surface area contributed by atoms with E-state index in [2.05, 4.69) is 26.0 Å². The summed E-state index contributed by atoms with van der Waals surface area (Å²) >= 11 is 3.37. The lowest BCUT2D eigenvalue weighted by Crippen LogP contribution is -2.23.